The summed E-state index contributed by atoms with van der Waals surface area (Å²) in [5, 5.41) is 0.664. The topological polar surface area (TPSA) is 18.8 Å². The zero-order chi connectivity index (χ0) is 23.4. The number of nitrogens with zero attached hydrogens (tertiary/aromatic N) is 3. The fourth-order valence-electron chi connectivity index (χ4n) is 7.41. The third kappa shape index (κ3) is 6.79. The Morgan fingerprint density at radius 3 is 2.48 bits per heavy atom. The van der Waals surface area contributed by atoms with Gasteiger partial charge in [-0.15, -0.1) is 11.8 Å². The zero-order valence-electron chi connectivity index (χ0n) is 22.4. The minimum Gasteiger partial charge on any atom is -0.301 e. The summed E-state index contributed by atoms with van der Waals surface area (Å²) in [5.41, 5.74) is 2.12. The largest absolute Gasteiger partial charge is 0.301 e. The van der Waals surface area contributed by atoms with Gasteiger partial charge in [-0.1, -0.05) is 52.9 Å². The van der Waals surface area contributed by atoms with Gasteiger partial charge in [0.05, 0.1) is 11.6 Å². The lowest BCUT2D eigenvalue weighted by Gasteiger charge is -2.33. The van der Waals surface area contributed by atoms with Crippen LogP contribution in [0.4, 0.5) is 0 Å². The molecule has 4 heteroatoms. The second-order valence-electron chi connectivity index (χ2n) is 12.3. The first-order valence-electron chi connectivity index (χ1n) is 14.6. The van der Waals surface area contributed by atoms with E-state index in [-0.39, 0.29) is 0 Å². The van der Waals surface area contributed by atoms with Gasteiger partial charge in [0, 0.05) is 23.9 Å². The lowest BCUT2D eigenvalue weighted by atomic mass is 9.84. The third-order valence-corrected chi connectivity index (χ3v) is 11.2. The molecule has 3 nitrogen and oxygen atoms in total. The van der Waals surface area contributed by atoms with Gasteiger partial charge in [0.15, 0.2) is 0 Å². The van der Waals surface area contributed by atoms with Crippen molar-refractivity contribution in [3.8, 4) is 0 Å². The average molecular weight is 476 g/mol. The number of piperidine rings is 1. The maximum atomic E-state index is 4.69. The first kappa shape index (κ1) is 26.0. The number of rotatable bonds is 12. The zero-order valence-corrected chi connectivity index (χ0v) is 23.2. The quantitative estimate of drug-likeness (QED) is 0.304. The van der Waals surface area contributed by atoms with E-state index in [9.17, 15) is 0 Å². The Bertz CT molecular complexity index is 618. The molecule has 2 heterocycles. The second kappa shape index (κ2) is 12.3. The number of likely N-dealkylation sites (tertiary alicyclic amines) is 1. The molecular formula is C29H53N3S. The van der Waals surface area contributed by atoms with Crippen LogP contribution in [0.3, 0.4) is 0 Å². The van der Waals surface area contributed by atoms with Gasteiger partial charge in [0.1, 0.15) is 0 Å². The molecule has 1 saturated heterocycles. The maximum absolute atomic E-state index is 4.69. The molecule has 0 aromatic carbocycles. The highest BCUT2D eigenvalue weighted by Gasteiger charge is 2.51. The van der Waals surface area contributed by atoms with Crippen LogP contribution in [0.1, 0.15) is 98.8 Å². The van der Waals surface area contributed by atoms with Crippen LogP contribution in [0, 0.1) is 29.6 Å². The standard InChI is InChI=1S/C29H53N3S/c1-6-21(2)17-26-12-10-11-25(26)13-16-32(19-28-24(5)30-20-33-28)29-23(4)27(29)18-22(3)31-14-8-7-9-15-31/h20-29H,6-19H2,1-5H3. The summed E-state index contributed by atoms with van der Waals surface area (Å²) >= 11 is 1.99. The predicted octanol–water partition coefficient (Wildman–Crippen LogP) is 6.96. The van der Waals surface area contributed by atoms with Gasteiger partial charge < -0.3 is 4.90 Å². The first-order chi connectivity index (χ1) is 16.0. The molecule has 0 radical (unpaired) electrons. The fraction of sp³-hybridized carbons (Fsp3) is 0.966. The van der Waals surface area contributed by atoms with Gasteiger partial charge >= 0.3 is 0 Å². The van der Waals surface area contributed by atoms with Crippen molar-refractivity contribution in [2.45, 2.75) is 122 Å². The summed E-state index contributed by atoms with van der Waals surface area (Å²) < 4.78 is 0. The summed E-state index contributed by atoms with van der Waals surface area (Å²) in [5.74, 6) is 4.66. The molecule has 2 saturated carbocycles. The maximum Gasteiger partial charge on any atom is 0.0612 e. The van der Waals surface area contributed by atoms with Gasteiger partial charge in [0.2, 0.25) is 0 Å². The van der Waals surface area contributed by atoms with Crippen LogP contribution in [0.5, 0.6) is 0 Å². The Hall–Kier alpha value is -0.0600. The summed E-state index contributed by atoms with van der Waals surface area (Å²) in [6, 6.07) is 2.07. The van der Waals surface area contributed by atoms with Crippen LogP contribution in [0.25, 0.3) is 0 Å². The average Bonchev–Trinajstić information content (AvgIpc) is 3.12. The molecule has 33 heavy (non-hydrogen) atoms. The molecule has 4 rings (SSSR count). The highest BCUT2D eigenvalue weighted by molar-refractivity contribution is 8.13. The fourth-order valence-corrected chi connectivity index (χ4v) is 8.40. The van der Waals surface area contributed by atoms with Crippen molar-refractivity contribution in [2.24, 2.45) is 34.6 Å². The molecule has 0 amide bonds. The van der Waals surface area contributed by atoms with E-state index in [1.54, 1.807) is 0 Å². The van der Waals surface area contributed by atoms with Crippen molar-refractivity contribution in [3.05, 3.63) is 0 Å². The lowest BCUT2D eigenvalue weighted by molar-refractivity contribution is 0.154. The van der Waals surface area contributed by atoms with E-state index in [1.165, 1.54) is 90.4 Å². The van der Waals surface area contributed by atoms with E-state index in [1.807, 2.05) is 11.8 Å². The van der Waals surface area contributed by atoms with E-state index >= 15 is 0 Å². The van der Waals surface area contributed by atoms with E-state index < -0.39 is 0 Å². The predicted molar refractivity (Wildman–Crippen MR) is 146 cm³/mol. The number of hydrogen-bond acceptors (Lipinski definition) is 4. The summed E-state index contributed by atoms with van der Waals surface area (Å²) in [4.78, 5) is 10.4. The molecule has 9 atom stereocenters. The number of aliphatic imine (C=N–C) groups is 1. The molecule has 0 bridgehead atoms. The van der Waals surface area contributed by atoms with Crippen LogP contribution in [0.2, 0.25) is 0 Å². The molecule has 0 N–H and O–H groups in total. The molecule has 2 aliphatic heterocycles. The summed E-state index contributed by atoms with van der Waals surface area (Å²) in [7, 11) is 0. The van der Waals surface area contributed by atoms with Crippen LogP contribution in [-0.4, -0.2) is 64.9 Å². The smallest absolute Gasteiger partial charge is 0.0612 e. The minimum atomic E-state index is 0.488. The van der Waals surface area contributed by atoms with E-state index in [2.05, 4.69) is 50.0 Å². The highest BCUT2D eigenvalue weighted by atomic mass is 32.2. The third-order valence-electron chi connectivity index (χ3n) is 10.1. The van der Waals surface area contributed by atoms with Crippen molar-refractivity contribution < 1.29 is 0 Å². The monoisotopic (exact) mass is 475 g/mol. The number of hydrogen-bond donors (Lipinski definition) is 0. The van der Waals surface area contributed by atoms with E-state index in [4.69, 9.17) is 4.99 Å². The molecule has 3 fully saturated rings. The Balaban J connectivity index is 1.34. The van der Waals surface area contributed by atoms with Gasteiger partial charge in [-0.25, -0.2) is 0 Å². The van der Waals surface area contributed by atoms with Gasteiger partial charge in [0.25, 0.3) is 0 Å². The van der Waals surface area contributed by atoms with Crippen LogP contribution >= 0.6 is 11.8 Å². The van der Waals surface area contributed by atoms with Gasteiger partial charge in [-0.05, 0) is 95.2 Å². The molecule has 0 spiro atoms. The minimum absolute atomic E-state index is 0.488. The number of thioether (sulfide) groups is 1. The molecule has 0 aromatic heterocycles. The van der Waals surface area contributed by atoms with Crippen LogP contribution in [-0.2, 0) is 0 Å². The van der Waals surface area contributed by atoms with Gasteiger partial charge in [-0.3, -0.25) is 9.89 Å². The molecule has 9 unspecified atom stereocenters. The summed E-state index contributed by atoms with van der Waals surface area (Å²) in [6.07, 6.45) is 14.4. The Morgan fingerprint density at radius 2 is 1.79 bits per heavy atom. The Labute approximate surface area is 209 Å². The molecule has 2 aliphatic carbocycles. The molecule has 190 valence electrons. The summed E-state index contributed by atoms with van der Waals surface area (Å²) in [6.45, 7) is 17.5. The molecular weight excluding hydrogens is 422 g/mol. The van der Waals surface area contributed by atoms with Crippen molar-refractivity contribution in [2.75, 3.05) is 26.2 Å². The van der Waals surface area contributed by atoms with Crippen molar-refractivity contribution in [1.82, 2.24) is 9.80 Å². The normalized spacial score (nSPS) is 38.8. The van der Waals surface area contributed by atoms with E-state index in [0.717, 1.165) is 41.7 Å². The Kier molecular flexibility index (Phi) is 9.66. The van der Waals surface area contributed by atoms with Crippen molar-refractivity contribution in [3.63, 3.8) is 0 Å². The van der Waals surface area contributed by atoms with Crippen LogP contribution < -0.4 is 0 Å². The Morgan fingerprint density at radius 1 is 1.03 bits per heavy atom. The van der Waals surface area contributed by atoms with Crippen LogP contribution in [0.15, 0.2) is 4.99 Å². The van der Waals surface area contributed by atoms with Crippen molar-refractivity contribution in [1.29, 1.82) is 0 Å². The lowest BCUT2D eigenvalue weighted by Crippen LogP contribution is -2.40. The second-order valence-corrected chi connectivity index (χ2v) is 13.4. The highest BCUT2D eigenvalue weighted by Crippen LogP contribution is 2.48. The van der Waals surface area contributed by atoms with E-state index in [0.29, 0.717) is 11.3 Å². The molecule has 4 aliphatic rings. The van der Waals surface area contributed by atoms with Crippen molar-refractivity contribution >= 4 is 17.3 Å². The first-order valence-corrected chi connectivity index (χ1v) is 15.6. The van der Waals surface area contributed by atoms with Gasteiger partial charge in [-0.2, -0.15) is 0 Å². The SMILES string of the molecule is CCC(C)CC1CCCC1CCN(CC1SC=NC1C)C1C(C)C1CC(C)N1CCCCC1. The molecule has 0 aromatic rings.